The summed E-state index contributed by atoms with van der Waals surface area (Å²) in [6, 6.07) is 0. The molecular formula is C15H22N4O2. The Balaban J connectivity index is 1.47. The smallest absolute Gasteiger partial charge is 0.223 e. The van der Waals surface area contributed by atoms with Crippen molar-refractivity contribution in [2.45, 2.75) is 19.3 Å². The third-order valence-corrected chi connectivity index (χ3v) is 4.22. The van der Waals surface area contributed by atoms with Crippen molar-refractivity contribution in [2.75, 3.05) is 44.3 Å². The van der Waals surface area contributed by atoms with Crippen LogP contribution in [0.1, 0.15) is 19.3 Å². The van der Waals surface area contributed by atoms with E-state index in [-0.39, 0.29) is 5.91 Å². The maximum atomic E-state index is 12.3. The van der Waals surface area contributed by atoms with Crippen molar-refractivity contribution in [2.24, 2.45) is 5.92 Å². The summed E-state index contributed by atoms with van der Waals surface area (Å²) < 4.78 is 5.45. The molecule has 6 nitrogen and oxygen atoms in total. The van der Waals surface area contributed by atoms with E-state index in [1.807, 2.05) is 4.90 Å². The molecular weight excluding hydrogens is 268 g/mol. The standard InChI is InChI=1S/C15H22N4O2/c20-15(10-13-2-1-9-21-12-13)19-7-5-18(6-8-19)14-11-16-3-4-17-14/h3-4,11,13H,1-2,5-10,12H2. The molecule has 0 radical (unpaired) electrons. The summed E-state index contributed by atoms with van der Waals surface area (Å²) in [5, 5.41) is 0. The number of hydrogen-bond acceptors (Lipinski definition) is 5. The van der Waals surface area contributed by atoms with Crippen LogP contribution in [0, 0.1) is 5.92 Å². The van der Waals surface area contributed by atoms with E-state index in [4.69, 9.17) is 4.74 Å². The van der Waals surface area contributed by atoms with Crippen LogP contribution in [-0.2, 0) is 9.53 Å². The Morgan fingerprint density at radius 1 is 1.29 bits per heavy atom. The molecule has 0 bridgehead atoms. The van der Waals surface area contributed by atoms with Gasteiger partial charge in [-0.25, -0.2) is 4.98 Å². The van der Waals surface area contributed by atoms with Gasteiger partial charge in [0.15, 0.2) is 0 Å². The van der Waals surface area contributed by atoms with Crippen molar-refractivity contribution in [1.82, 2.24) is 14.9 Å². The van der Waals surface area contributed by atoms with Crippen LogP contribution < -0.4 is 4.90 Å². The third kappa shape index (κ3) is 3.69. The Labute approximate surface area is 125 Å². The number of ether oxygens (including phenoxy) is 1. The van der Waals surface area contributed by atoms with Gasteiger partial charge in [0.1, 0.15) is 5.82 Å². The molecule has 0 aromatic carbocycles. The van der Waals surface area contributed by atoms with Gasteiger partial charge < -0.3 is 14.5 Å². The zero-order valence-corrected chi connectivity index (χ0v) is 12.3. The first-order valence-corrected chi connectivity index (χ1v) is 7.69. The second-order valence-electron chi connectivity index (χ2n) is 5.72. The summed E-state index contributed by atoms with van der Waals surface area (Å²) in [5.41, 5.74) is 0. The molecule has 6 heteroatoms. The van der Waals surface area contributed by atoms with Crippen LogP contribution in [0.5, 0.6) is 0 Å². The van der Waals surface area contributed by atoms with Crippen molar-refractivity contribution in [1.29, 1.82) is 0 Å². The number of amides is 1. The first-order chi connectivity index (χ1) is 10.3. The summed E-state index contributed by atoms with van der Waals surface area (Å²) in [6.07, 6.45) is 7.98. The van der Waals surface area contributed by atoms with Crippen molar-refractivity contribution >= 4 is 11.7 Å². The summed E-state index contributed by atoms with van der Waals surface area (Å²) in [6.45, 7) is 4.77. The quantitative estimate of drug-likeness (QED) is 0.829. The predicted molar refractivity (Wildman–Crippen MR) is 79.0 cm³/mol. The first-order valence-electron chi connectivity index (χ1n) is 7.69. The normalized spacial score (nSPS) is 23.1. The summed E-state index contributed by atoms with van der Waals surface area (Å²) in [4.78, 5) is 24.9. The molecule has 0 saturated carbocycles. The van der Waals surface area contributed by atoms with E-state index in [1.54, 1.807) is 18.6 Å². The average molecular weight is 290 g/mol. The molecule has 2 aliphatic heterocycles. The second-order valence-corrected chi connectivity index (χ2v) is 5.72. The molecule has 1 aromatic rings. The van der Waals surface area contributed by atoms with Gasteiger partial charge in [0, 0.05) is 58.2 Å². The van der Waals surface area contributed by atoms with Gasteiger partial charge in [-0.1, -0.05) is 0 Å². The maximum absolute atomic E-state index is 12.3. The van der Waals surface area contributed by atoms with E-state index in [1.165, 1.54) is 0 Å². The Hall–Kier alpha value is -1.69. The molecule has 1 amide bonds. The highest BCUT2D eigenvalue weighted by atomic mass is 16.5. The lowest BCUT2D eigenvalue weighted by Crippen LogP contribution is -2.49. The fourth-order valence-corrected chi connectivity index (χ4v) is 2.98. The average Bonchev–Trinajstić information content (AvgIpc) is 2.57. The van der Waals surface area contributed by atoms with E-state index < -0.39 is 0 Å². The van der Waals surface area contributed by atoms with Crippen LogP contribution >= 0.6 is 0 Å². The molecule has 2 saturated heterocycles. The van der Waals surface area contributed by atoms with E-state index in [0.717, 1.165) is 58.1 Å². The lowest BCUT2D eigenvalue weighted by Gasteiger charge is -2.36. The van der Waals surface area contributed by atoms with Crippen molar-refractivity contribution in [3.8, 4) is 0 Å². The van der Waals surface area contributed by atoms with Gasteiger partial charge in [0.25, 0.3) is 0 Å². The molecule has 2 aliphatic rings. The van der Waals surface area contributed by atoms with Crippen LogP contribution in [-0.4, -0.2) is 60.2 Å². The number of carbonyl (C=O) groups excluding carboxylic acids is 1. The molecule has 0 N–H and O–H groups in total. The Kier molecular flexibility index (Phi) is 4.65. The van der Waals surface area contributed by atoms with E-state index in [9.17, 15) is 4.79 Å². The number of piperazine rings is 1. The van der Waals surface area contributed by atoms with E-state index in [2.05, 4.69) is 14.9 Å². The van der Waals surface area contributed by atoms with Gasteiger partial charge in [-0.3, -0.25) is 9.78 Å². The number of aromatic nitrogens is 2. The Morgan fingerprint density at radius 3 is 2.81 bits per heavy atom. The first kappa shape index (κ1) is 14.3. The van der Waals surface area contributed by atoms with Crippen LogP contribution in [0.25, 0.3) is 0 Å². The predicted octanol–water partition coefficient (Wildman–Crippen LogP) is 0.942. The van der Waals surface area contributed by atoms with Crippen molar-refractivity contribution in [3.63, 3.8) is 0 Å². The number of anilines is 1. The van der Waals surface area contributed by atoms with Crippen LogP contribution in [0.15, 0.2) is 18.6 Å². The monoisotopic (exact) mass is 290 g/mol. The molecule has 0 aliphatic carbocycles. The molecule has 1 unspecified atom stereocenters. The van der Waals surface area contributed by atoms with Crippen molar-refractivity contribution in [3.05, 3.63) is 18.6 Å². The summed E-state index contributed by atoms with van der Waals surface area (Å²) >= 11 is 0. The van der Waals surface area contributed by atoms with Gasteiger partial charge in [-0.05, 0) is 18.8 Å². The van der Waals surface area contributed by atoms with Gasteiger partial charge in [-0.15, -0.1) is 0 Å². The van der Waals surface area contributed by atoms with Crippen molar-refractivity contribution < 1.29 is 9.53 Å². The summed E-state index contributed by atoms with van der Waals surface area (Å²) in [7, 11) is 0. The number of hydrogen-bond donors (Lipinski definition) is 0. The molecule has 2 fully saturated rings. The molecule has 3 rings (SSSR count). The second kappa shape index (κ2) is 6.85. The minimum atomic E-state index is 0.268. The lowest BCUT2D eigenvalue weighted by molar-refractivity contribution is -0.133. The topological polar surface area (TPSA) is 58.6 Å². The molecule has 3 heterocycles. The fraction of sp³-hybridized carbons (Fsp3) is 0.667. The zero-order chi connectivity index (χ0) is 14.5. The Morgan fingerprint density at radius 2 is 2.14 bits per heavy atom. The highest BCUT2D eigenvalue weighted by Gasteiger charge is 2.25. The molecule has 21 heavy (non-hydrogen) atoms. The summed E-state index contributed by atoms with van der Waals surface area (Å²) in [5.74, 6) is 1.57. The van der Waals surface area contributed by atoms with E-state index in [0.29, 0.717) is 12.3 Å². The van der Waals surface area contributed by atoms with Crippen LogP contribution in [0.2, 0.25) is 0 Å². The fourth-order valence-electron chi connectivity index (χ4n) is 2.98. The maximum Gasteiger partial charge on any atom is 0.223 e. The van der Waals surface area contributed by atoms with Crippen LogP contribution in [0.4, 0.5) is 5.82 Å². The third-order valence-electron chi connectivity index (χ3n) is 4.22. The van der Waals surface area contributed by atoms with Gasteiger partial charge in [0.05, 0.1) is 6.20 Å². The van der Waals surface area contributed by atoms with Crippen LogP contribution in [0.3, 0.4) is 0 Å². The SMILES string of the molecule is O=C(CC1CCCOC1)N1CCN(c2cnccn2)CC1. The van der Waals surface area contributed by atoms with Gasteiger partial charge >= 0.3 is 0 Å². The molecule has 1 atom stereocenters. The number of carbonyl (C=O) groups is 1. The molecule has 114 valence electrons. The molecule has 1 aromatic heterocycles. The molecule has 0 spiro atoms. The van der Waals surface area contributed by atoms with E-state index >= 15 is 0 Å². The Bertz CT molecular complexity index is 454. The number of nitrogens with zero attached hydrogens (tertiary/aromatic N) is 4. The minimum absolute atomic E-state index is 0.268. The van der Waals surface area contributed by atoms with Gasteiger partial charge in [-0.2, -0.15) is 0 Å². The zero-order valence-electron chi connectivity index (χ0n) is 12.3. The highest BCUT2D eigenvalue weighted by Crippen LogP contribution is 2.19. The lowest BCUT2D eigenvalue weighted by atomic mass is 9.98. The number of rotatable bonds is 3. The minimum Gasteiger partial charge on any atom is -0.381 e. The highest BCUT2D eigenvalue weighted by molar-refractivity contribution is 5.76. The van der Waals surface area contributed by atoms with Gasteiger partial charge in [0.2, 0.25) is 5.91 Å². The largest absolute Gasteiger partial charge is 0.381 e.